The van der Waals surface area contributed by atoms with Gasteiger partial charge < -0.3 is 15.5 Å². The third-order valence-corrected chi connectivity index (χ3v) is 4.57. The average Bonchev–Trinajstić information content (AvgIpc) is 3.02. The van der Waals surface area contributed by atoms with Crippen LogP contribution in [0.1, 0.15) is 11.1 Å². The molecule has 142 valence electrons. The monoisotopic (exact) mass is 395 g/mol. The van der Waals surface area contributed by atoms with Gasteiger partial charge in [-0.05, 0) is 30.0 Å². The van der Waals surface area contributed by atoms with Crippen LogP contribution in [0.15, 0.2) is 54.6 Å². The van der Waals surface area contributed by atoms with Crippen molar-refractivity contribution in [1.82, 2.24) is 4.90 Å². The number of nitrogens with zero attached hydrogens (tertiary/aromatic N) is 2. The maximum atomic E-state index is 12.7. The molecule has 2 aromatic carbocycles. The zero-order valence-corrected chi connectivity index (χ0v) is 16.5. The molecule has 1 aliphatic rings. The largest absolute Gasteiger partial charge is 0.362 e. The highest BCUT2D eigenvalue weighted by Crippen LogP contribution is 2.27. The van der Waals surface area contributed by atoms with Gasteiger partial charge in [0.05, 0.1) is 6.54 Å². The van der Waals surface area contributed by atoms with E-state index in [9.17, 15) is 4.79 Å². The first kappa shape index (κ1) is 22.3. The molecule has 1 heterocycles. The molecule has 0 atom stereocenters. The van der Waals surface area contributed by atoms with Crippen molar-refractivity contribution in [3.63, 3.8) is 0 Å². The minimum absolute atomic E-state index is 0. The average molecular weight is 396 g/mol. The molecule has 26 heavy (non-hydrogen) atoms. The van der Waals surface area contributed by atoms with Gasteiger partial charge in [0.1, 0.15) is 0 Å². The highest BCUT2D eigenvalue weighted by atomic mass is 35.5. The Morgan fingerprint density at radius 3 is 2.42 bits per heavy atom. The van der Waals surface area contributed by atoms with Crippen molar-refractivity contribution in [2.24, 2.45) is 5.73 Å². The van der Waals surface area contributed by atoms with Gasteiger partial charge in [0.2, 0.25) is 5.91 Å². The van der Waals surface area contributed by atoms with E-state index in [2.05, 4.69) is 35.2 Å². The third kappa shape index (κ3) is 5.63. The second-order valence-corrected chi connectivity index (χ2v) is 6.21. The summed E-state index contributed by atoms with van der Waals surface area (Å²) in [5.74, 6) is 0.160. The Labute approximate surface area is 168 Å². The SMILES string of the molecule is Cl.Cl.NCCN(CCc1ccccc1)C(=O)CN1CCc2ccccc21. The summed E-state index contributed by atoms with van der Waals surface area (Å²) in [5, 5.41) is 0. The number of nitrogens with two attached hydrogens (primary N) is 1. The van der Waals surface area contributed by atoms with Gasteiger partial charge in [-0.2, -0.15) is 0 Å². The molecule has 0 saturated carbocycles. The number of benzene rings is 2. The van der Waals surface area contributed by atoms with Crippen molar-refractivity contribution in [1.29, 1.82) is 0 Å². The molecule has 0 spiro atoms. The van der Waals surface area contributed by atoms with Crippen LogP contribution in [0.5, 0.6) is 0 Å². The molecule has 0 unspecified atom stereocenters. The van der Waals surface area contributed by atoms with E-state index in [0.717, 1.165) is 25.9 Å². The first-order valence-electron chi connectivity index (χ1n) is 8.62. The number of halogens is 2. The van der Waals surface area contributed by atoms with Gasteiger partial charge in [0.25, 0.3) is 0 Å². The molecule has 4 nitrogen and oxygen atoms in total. The summed E-state index contributed by atoms with van der Waals surface area (Å²) in [6.07, 6.45) is 1.88. The Balaban J connectivity index is 0.00000169. The lowest BCUT2D eigenvalue weighted by atomic mass is 10.1. The third-order valence-electron chi connectivity index (χ3n) is 4.57. The van der Waals surface area contributed by atoms with Gasteiger partial charge in [0, 0.05) is 31.9 Å². The summed E-state index contributed by atoms with van der Waals surface area (Å²) >= 11 is 0. The van der Waals surface area contributed by atoms with E-state index in [1.165, 1.54) is 16.8 Å². The van der Waals surface area contributed by atoms with E-state index in [0.29, 0.717) is 19.6 Å². The van der Waals surface area contributed by atoms with Crippen molar-refractivity contribution in [3.8, 4) is 0 Å². The number of amides is 1. The zero-order valence-electron chi connectivity index (χ0n) is 14.8. The number of hydrogen-bond donors (Lipinski definition) is 1. The lowest BCUT2D eigenvalue weighted by Gasteiger charge is -2.26. The van der Waals surface area contributed by atoms with Gasteiger partial charge in [-0.3, -0.25) is 4.79 Å². The molecule has 0 radical (unpaired) electrons. The summed E-state index contributed by atoms with van der Waals surface area (Å²) < 4.78 is 0. The first-order chi connectivity index (χ1) is 11.8. The zero-order chi connectivity index (χ0) is 16.8. The van der Waals surface area contributed by atoms with Crippen LogP contribution in [0.2, 0.25) is 0 Å². The van der Waals surface area contributed by atoms with Crippen molar-refractivity contribution in [3.05, 3.63) is 65.7 Å². The van der Waals surface area contributed by atoms with Crippen molar-refractivity contribution in [2.75, 3.05) is 37.6 Å². The van der Waals surface area contributed by atoms with E-state index < -0.39 is 0 Å². The second kappa shape index (κ2) is 11.1. The molecule has 3 rings (SSSR count). The number of fused-ring (bicyclic) bond motifs is 1. The Hall–Kier alpha value is -1.75. The van der Waals surface area contributed by atoms with E-state index in [4.69, 9.17) is 5.73 Å². The topological polar surface area (TPSA) is 49.6 Å². The number of rotatable bonds is 7. The van der Waals surface area contributed by atoms with E-state index in [1.807, 2.05) is 29.2 Å². The lowest BCUT2D eigenvalue weighted by Crippen LogP contribution is -2.43. The standard InChI is InChI=1S/C20H25N3O.2ClH/c21-12-15-22(13-10-17-6-2-1-3-7-17)20(24)16-23-14-11-18-8-4-5-9-19(18)23;;/h1-9H,10-16,21H2;2*1H. The molecule has 1 amide bonds. The quantitative estimate of drug-likeness (QED) is 0.783. The van der Waals surface area contributed by atoms with Crippen LogP contribution in [-0.2, 0) is 17.6 Å². The molecule has 0 saturated heterocycles. The highest BCUT2D eigenvalue weighted by Gasteiger charge is 2.22. The Morgan fingerprint density at radius 1 is 1.00 bits per heavy atom. The molecule has 0 fully saturated rings. The highest BCUT2D eigenvalue weighted by molar-refractivity contribution is 5.85. The van der Waals surface area contributed by atoms with E-state index >= 15 is 0 Å². The van der Waals surface area contributed by atoms with E-state index in [-0.39, 0.29) is 30.7 Å². The number of hydrogen-bond acceptors (Lipinski definition) is 3. The summed E-state index contributed by atoms with van der Waals surface area (Å²) in [7, 11) is 0. The van der Waals surface area contributed by atoms with Crippen LogP contribution in [0, 0.1) is 0 Å². The molecule has 6 heteroatoms. The Bertz CT molecular complexity index is 682. The van der Waals surface area contributed by atoms with Gasteiger partial charge >= 0.3 is 0 Å². The molecule has 2 N–H and O–H groups in total. The van der Waals surface area contributed by atoms with Crippen LogP contribution in [0.25, 0.3) is 0 Å². The fourth-order valence-electron chi connectivity index (χ4n) is 3.26. The number of para-hydroxylation sites is 1. The Kier molecular flexibility index (Phi) is 9.49. The normalized spacial score (nSPS) is 12.0. The predicted octanol–water partition coefficient (Wildman–Crippen LogP) is 2.92. The summed E-state index contributed by atoms with van der Waals surface area (Å²) in [5.41, 5.74) is 9.49. The van der Waals surface area contributed by atoms with E-state index in [1.54, 1.807) is 0 Å². The molecule has 0 aliphatic carbocycles. The molecular formula is C20H27Cl2N3O. The number of carbonyl (C=O) groups excluding carboxylic acids is 1. The molecular weight excluding hydrogens is 369 g/mol. The van der Waals surface area contributed by atoms with Gasteiger partial charge in [-0.25, -0.2) is 0 Å². The van der Waals surface area contributed by atoms with Crippen LogP contribution in [0.4, 0.5) is 5.69 Å². The lowest BCUT2D eigenvalue weighted by molar-refractivity contribution is -0.129. The summed E-state index contributed by atoms with van der Waals surface area (Å²) in [6.45, 7) is 3.18. The van der Waals surface area contributed by atoms with Crippen molar-refractivity contribution in [2.45, 2.75) is 12.8 Å². The second-order valence-electron chi connectivity index (χ2n) is 6.21. The van der Waals surface area contributed by atoms with Crippen LogP contribution < -0.4 is 10.6 Å². The summed E-state index contributed by atoms with van der Waals surface area (Å²) in [4.78, 5) is 16.8. The number of anilines is 1. The van der Waals surface area contributed by atoms with Crippen LogP contribution >= 0.6 is 24.8 Å². The molecule has 0 bridgehead atoms. The smallest absolute Gasteiger partial charge is 0.242 e. The fourth-order valence-corrected chi connectivity index (χ4v) is 3.26. The van der Waals surface area contributed by atoms with Crippen molar-refractivity contribution < 1.29 is 4.79 Å². The minimum atomic E-state index is 0. The van der Waals surface area contributed by atoms with Gasteiger partial charge in [-0.1, -0.05) is 48.5 Å². The molecule has 0 aromatic heterocycles. The van der Waals surface area contributed by atoms with Gasteiger partial charge in [-0.15, -0.1) is 24.8 Å². The predicted molar refractivity (Wildman–Crippen MR) is 113 cm³/mol. The van der Waals surface area contributed by atoms with Crippen LogP contribution in [-0.4, -0.2) is 43.5 Å². The minimum Gasteiger partial charge on any atom is -0.362 e. The fraction of sp³-hybridized carbons (Fsp3) is 0.350. The van der Waals surface area contributed by atoms with Crippen LogP contribution in [0.3, 0.4) is 0 Å². The maximum absolute atomic E-state index is 12.7. The van der Waals surface area contributed by atoms with Crippen molar-refractivity contribution >= 4 is 36.4 Å². The first-order valence-corrected chi connectivity index (χ1v) is 8.62. The van der Waals surface area contributed by atoms with Gasteiger partial charge in [0.15, 0.2) is 0 Å². The molecule has 2 aromatic rings. The Morgan fingerprint density at radius 2 is 1.69 bits per heavy atom. The molecule has 1 aliphatic heterocycles. The summed E-state index contributed by atoms with van der Waals surface area (Å²) in [6, 6.07) is 18.6. The number of carbonyl (C=O) groups is 1. The maximum Gasteiger partial charge on any atom is 0.242 e.